The van der Waals surface area contributed by atoms with E-state index in [0.29, 0.717) is 19.4 Å². The molecule has 2 rings (SSSR count). The third kappa shape index (κ3) is 4.06. The molecule has 1 fully saturated rings. The molecule has 4 nitrogen and oxygen atoms in total. The van der Waals surface area contributed by atoms with Crippen LogP contribution < -0.4 is 10.4 Å². The summed E-state index contributed by atoms with van der Waals surface area (Å²) in [5.41, 5.74) is 1.16. The van der Waals surface area contributed by atoms with Crippen LogP contribution >= 0.6 is 0 Å². The van der Waals surface area contributed by atoms with Crippen molar-refractivity contribution in [2.45, 2.75) is 38.5 Å². The Morgan fingerprint density at radius 2 is 1.81 bits per heavy atom. The Labute approximate surface area is 125 Å². The highest BCUT2D eigenvalue weighted by Crippen LogP contribution is 2.30. The first kappa shape index (κ1) is 15.5. The molecule has 0 bridgehead atoms. The Bertz CT molecular complexity index is 486. The third-order valence-electron chi connectivity index (χ3n) is 4.36. The maximum atomic E-state index is 12.2. The van der Waals surface area contributed by atoms with Crippen molar-refractivity contribution in [3.8, 4) is 0 Å². The number of nitrogens with one attached hydrogen (secondary N) is 1. The highest BCUT2D eigenvalue weighted by molar-refractivity contribution is 5.84. The van der Waals surface area contributed by atoms with E-state index in [2.05, 4.69) is 5.32 Å². The summed E-state index contributed by atoms with van der Waals surface area (Å²) in [5, 5.41) is 14.0. The van der Waals surface area contributed by atoms with Crippen LogP contribution in [-0.4, -0.2) is 18.4 Å². The second-order valence-electron chi connectivity index (χ2n) is 5.87. The van der Waals surface area contributed by atoms with Crippen molar-refractivity contribution < 1.29 is 14.7 Å². The topological polar surface area (TPSA) is 69.2 Å². The van der Waals surface area contributed by atoms with Crippen molar-refractivity contribution in [1.29, 1.82) is 0 Å². The Morgan fingerprint density at radius 3 is 2.43 bits per heavy atom. The molecule has 1 N–H and O–H groups in total. The first-order chi connectivity index (χ1) is 10.1. The molecule has 0 unspecified atom stereocenters. The molecule has 0 radical (unpaired) electrons. The Balaban J connectivity index is 1.90. The summed E-state index contributed by atoms with van der Waals surface area (Å²) in [6.45, 7) is 2.58. The number of rotatable bonds is 5. The lowest BCUT2D eigenvalue weighted by molar-refractivity contribution is -0.314. The van der Waals surface area contributed by atoms with Gasteiger partial charge in [-0.3, -0.25) is 4.79 Å². The number of amides is 1. The van der Waals surface area contributed by atoms with Crippen LogP contribution in [0.15, 0.2) is 30.3 Å². The van der Waals surface area contributed by atoms with Crippen LogP contribution in [0.25, 0.3) is 0 Å². The van der Waals surface area contributed by atoms with E-state index in [1.807, 2.05) is 37.3 Å². The van der Waals surface area contributed by atoms with Crippen LogP contribution in [0.2, 0.25) is 0 Å². The van der Waals surface area contributed by atoms with Crippen LogP contribution in [-0.2, 0) is 9.59 Å². The van der Waals surface area contributed by atoms with E-state index < -0.39 is 17.8 Å². The van der Waals surface area contributed by atoms with Gasteiger partial charge in [0.05, 0.1) is 0 Å². The fourth-order valence-electron chi connectivity index (χ4n) is 3.01. The zero-order valence-corrected chi connectivity index (χ0v) is 12.4. The van der Waals surface area contributed by atoms with Gasteiger partial charge in [0.15, 0.2) is 0 Å². The summed E-state index contributed by atoms with van der Waals surface area (Å²) >= 11 is 0. The summed E-state index contributed by atoms with van der Waals surface area (Å²) in [7, 11) is 0. The van der Waals surface area contributed by atoms with Crippen molar-refractivity contribution in [2.75, 3.05) is 6.54 Å². The van der Waals surface area contributed by atoms with Gasteiger partial charge in [-0.05, 0) is 24.3 Å². The molecule has 4 heteroatoms. The van der Waals surface area contributed by atoms with E-state index in [9.17, 15) is 14.7 Å². The first-order valence-corrected chi connectivity index (χ1v) is 7.63. The Kier molecular flexibility index (Phi) is 5.37. The molecule has 1 aromatic rings. The van der Waals surface area contributed by atoms with Crippen molar-refractivity contribution in [3.63, 3.8) is 0 Å². The summed E-state index contributed by atoms with van der Waals surface area (Å²) < 4.78 is 0. The molecule has 1 aliphatic rings. The quantitative estimate of drug-likeness (QED) is 0.892. The van der Waals surface area contributed by atoms with E-state index in [0.717, 1.165) is 18.4 Å². The molecule has 114 valence electrons. The van der Waals surface area contributed by atoms with Crippen molar-refractivity contribution in [1.82, 2.24) is 5.32 Å². The molecule has 3 atom stereocenters. The number of carboxylic acids is 1. The number of hydrogen-bond donors (Lipinski definition) is 1. The van der Waals surface area contributed by atoms with E-state index in [1.165, 1.54) is 0 Å². The lowest BCUT2D eigenvalue weighted by Crippen LogP contribution is -2.45. The van der Waals surface area contributed by atoms with Crippen LogP contribution in [0.4, 0.5) is 0 Å². The normalized spacial score (nSPS) is 23.3. The van der Waals surface area contributed by atoms with Crippen molar-refractivity contribution in [3.05, 3.63) is 35.9 Å². The van der Waals surface area contributed by atoms with Crippen LogP contribution in [0.1, 0.15) is 44.1 Å². The minimum Gasteiger partial charge on any atom is -0.550 e. The molecule has 0 spiro atoms. The largest absolute Gasteiger partial charge is 0.550 e. The number of aliphatic carboxylic acids is 1. The van der Waals surface area contributed by atoms with Gasteiger partial charge in [0, 0.05) is 24.3 Å². The Morgan fingerprint density at radius 1 is 1.19 bits per heavy atom. The van der Waals surface area contributed by atoms with Crippen molar-refractivity contribution >= 4 is 11.9 Å². The van der Waals surface area contributed by atoms with Gasteiger partial charge >= 0.3 is 0 Å². The Hall–Kier alpha value is -1.84. The minimum absolute atomic E-state index is 0.147. The number of hydrogen-bond acceptors (Lipinski definition) is 3. The molecule has 0 aliphatic heterocycles. The molecule has 0 aromatic heterocycles. The fourth-order valence-corrected chi connectivity index (χ4v) is 3.01. The number of carbonyl (C=O) groups is 2. The molecule has 1 aliphatic carbocycles. The average molecular weight is 288 g/mol. The summed E-state index contributed by atoms with van der Waals surface area (Å²) in [6.07, 6.45) is 2.97. The van der Waals surface area contributed by atoms with Gasteiger partial charge in [-0.25, -0.2) is 0 Å². The average Bonchev–Trinajstić information content (AvgIpc) is 2.53. The highest BCUT2D eigenvalue weighted by atomic mass is 16.4. The molecule has 21 heavy (non-hydrogen) atoms. The van der Waals surface area contributed by atoms with Gasteiger partial charge in [0.2, 0.25) is 5.91 Å². The zero-order chi connectivity index (χ0) is 15.2. The summed E-state index contributed by atoms with van der Waals surface area (Å²) in [4.78, 5) is 23.4. The molecule has 1 saturated carbocycles. The first-order valence-electron chi connectivity index (χ1n) is 7.63. The zero-order valence-electron chi connectivity index (χ0n) is 12.4. The second kappa shape index (κ2) is 7.25. The lowest BCUT2D eigenvalue weighted by Gasteiger charge is -2.31. The summed E-state index contributed by atoms with van der Waals surface area (Å²) in [5.74, 6) is -2.10. The van der Waals surface area contributed by atoms with E-state index >= 15 is 0 Å². The molecular formula is C17H22NO3-. The smallest absolute Gasteiger partial charge is 0.223 e. The van der Waals surface area contributed by atoms with Gasteiger partial charge in [0.1, 0.15) is 0 Å². The number of carbonyl (C=O) groups excluding carboxylic acids is 2. The third-order valence-corrected chi connectivity index (χ3v) is 4.36. The van der Waals surface area contributed by atoms with Crippen LogP contribution in [0.3, 0.4) is 0 Å². The molecule has 0 saturated heterocycles. The van der Waals surface area contributed by atoms with E-state index in [4.69, 9.17) is 0 Å². The minimum atomic E-state index is -1.09. The maximum absolute atomic E-state index is 12.2. The van der Waals surface area contributed by atoms with E-state index in [1.54, 1.807) is 0 Å². The number of benzene rings is 1. The monoisotopic (exact) mass is 288 g/mol. The fraction of sp³-hybridized carbons (Fsp3) is 0.529. The van der Waals surface area contributed by atoms with Gasteiger partial charge in [-0.1, -0.05) is 50.1 Å². The molecular weight excluding hydrogens is 266 g/mol. The van der Waals surface area contributed by atoms with Gasteiger partial charge in [-0.2, -0.15) is 0 Å². The van der Waals surface area contributed by atoms with Gasteiger partial charge in [-0.15, -0.1) is 0 Å². The lowest BCUT2D eigenvalue weighted by atomic mass is 9.78. The predicted octanol–water partition coefficient (Wildman–Crippen LogP) is 1.46. The molecule has 1 amide bonds. The highest BCUT2D eigenvalue weighted by Gasteiger charge is 2.31. The predicted molar refractivity (Wildman–Crippen MR) is 78.3 cm³/mol. The van der Waals surface area contributed by atoms with Crippen molar-refractivity contribution in [2.24, 2.45) is 11.8 Å². The standard InChI is InChI=1S/C17H23NO3/c1-12(13-7-3-2-4-8-13)11-18-16(19)14-9-5-6-10-15(14)17(20)21/h2-4,7-8,12,14-15H,5-6,9-11H2,1H3,(H,18,19)(H,20,21)/p-1/t12-,14-,15-/m0/s1. The van der Waals surface area contributed by atoms with Crippen LogP contribution in [0.5, 0.6) is 0 Å². The maximum Gasteiger partial charge on any atom is 0.223 e. The molecule has 0 heterocycles. The van der Waals surface area contributed by atoms with Gasteiger partial charge < -0.3 is 15.2 Å². The molecule has 1 aromatic carbocycles. The summed E-state index contributed by atoms with van der Waals surface area (Å²) in [6, 6.07) is 9.96. The van der Waals surface area contributed by atoms with Gasteiger partial charge in [0.25, 0.3) is 0 Å². The second-order valence-corrected chi connectivity index (χ2v) is 5.87. The van der Waals surface area contributed by atoms with E-state index in [-0.39, 0.29) is 11.8 Å². The number of carboxylic acid groups (broad SMARTS) is 1. The van der Waals surface area contributed by atoms with Crippen LogP contribution in [0, 0.1) is 11.8 Å². The SMILES string of the molecule is C[C@@H](CNC(=O)[C@H]1CCCC[C@@H]1C(=O)[O-])c1ccccc1.